The number of hydrogen-bond acceptors (Lipinski definition) is 2. The molecule has 0 fully saturated rings. The van der Waals surface area contributed by atoms with Gasteiger partial charge < -0.3 is 10.1 Å². The van der Waals surface area contributed by atoms with Gasteiger partial charge in [0.05, 0.1) is 12.7 Å². The van der Waals surface area contributed by atoms with E-state index < -0.39 is 6.43 Å². The molecule has 0 spiro atoms. The van der Waals surface area contributed by atoms with Crippen LogP contribution in [0.15, 0.2) is 24.3 Å². The van der Waals surface area contributed by atoms with Crippen LogP contribution in [0.2, 0.25) is 0 Å². The van der Waals surface area contributed by atoms with Crippen molar-refractivity contribution in [3.05, 3.63) is 35.4 Å². The zero-order chi connectivity index (χ0) is 14.3. The summed E-state index contributed by atoms with van der Waals surface area (Å²) in [5, 5.41) is 3.26. The Hall–Kier alpha value is -1.42. The molecule has 1 N–H and O–H groups in total. The van der Waals surface area contributed by atoms with Gasteiger partial charge in [0.15, 0.2) is 0 Å². The van der Waals surface area contributed by atoms with Crippen LogP contribution in [0.5, 0.6) is 5.75 Å². The van der Waals surface area contributed by atoms with Crippen LogP contribution in [-0.4, -0.2) is 20.2 Å². The summed E-state index contributed by atoms with van der Waals surface area (Å²) in [5.41, 5.74) is 0.683. The average molecular weight is 269 g/mol. The smallest absolute Gasteiger partial charge is 0.267 e. The van der Waals surface area contributed by atoms with Gasteiger partial charge in [-0.1, -0.05) is 32.1 Å². The highest BCUT2D eigenvalue weighted by Gasteiger charge is 2.13. The Morgan fingerprint density at radius 2 is 2.05 bits per heavy atom. The lowest BCUT2D eigenvalue weighted by Gasteiger charge is -2.08. The average Bonchev–Trinajstić information content (AvgIpc) is 2.37. The number of nitrogens with one attached hydrogen (secondary N) is 1. The molecule has 0 aromatic heterocycles. The molecule has 0 aliphatic rings. The first-order chi connectivity index (χ1) is 9.04. The van der Waals surface area contributed by atoms with Crippen molar-refractivity contribution in [2.75, 3.05) is 20.2 Å². The highest BCUT2D eigenvalue weighted by Crippen LogP contribution is 2.29. The van der Waals surface area contributed by atoms with Crippen molar-refractivity contribution in [2.45, 2.75) is 20.3 Å². The molecule has 1 rings (SSSR count). The molecule has 1 aromatic carbocycles. The molecule has 19 heavy (non-hydrogen) atoms. The molecule has 0 bridgehead atoms. The second-order valence-corrected chi connectivity index (χ2v) is 4.76. The summed E-state index contributed by atoms with van der Waals surface area (Å²) in [4.78, 5) is 0. The summed E-state index contributed by atoms with van der Waals surface area (Å²) in [6.07, 6.45) is 1.24. The van der Waals surface area contributed by atoms with Crippen LogP contribution in [0.1, 0.15) is 31.4 Å². The monoisotopic (exact) mass is 269 g/mol. The number of alkyl halides is 2. The molecule has 4 heteroatoms. The van der Waals surface area contributed by atoms with E-state index in [1.165, 1.54) is 13.2 Å². The minimum atomic E-state index is -2.53. The summed E-state index contributed by atoms with van der Waals surface area (Å²) in [7, 11) is 1.40. The van der Waals surface area contributed by atoms with Crippen LogP contribution in [0.25, 0.3) is 6.08 Å². The standard InChI is InChI=1S/C15H21F2NO/c1-11(2)10-18-8-4-5-12-6-7-14(19-3)13(9-12)15(16)17/h4-7,9,11,15,18H,8,10H2,1-3H3. The number of ether oxygens (including phenoxy) is 1. The number of methoxy groups -OCH3 is 1. The van der Waals surface area contributed by atoms with E-state index in [-0.39, 0.29) is 11.3 Å². The van der Waals surface area contributed by atoms with Gasteiger partial charge in [-0.15, -0.1) is 0 Å². The van der Waals surface area contributed by atoms with Crippen LogP contribution in [0.4, 0.5) is 8.78 Å². The SMILES string of the molecule is COc1ccc(C=CCNCC(C)C)cc1C(F)F. The molecular weight excluding hydrogens is 248 g/mol. The molecule has 0 saturated carbocycles. The Balaban J connectivity index is 2.64. The molecule has 0 heterocycles. The van der Waals surface area contributed by atoms with Gasteiger partial charge in [-0.05, 0) is 30.2 Å². The minimum absolute atomic E-state index is 0.0696. The Bertz CT molecular complexity index is 417. The number of rotatable bonds is 7. The van der Waals surface area contributed by atoms with Gasteiger partial charge in [-0.3, -0.25) is 0 Å². The third-order valence-electron chi connectivity index (χ3n) is 2.61. The van der Waals surface area contributed by atoms with Gasteiger partial charge in [0.1, 0.15) is 5.75 Å². The molecule has 0 unspecified atom stereocenters. The van der Waals surface area contributed by atoms with Gasteiger partial charge in [-0.2, -0.15) is 0 Å². The number of benzene rings is 1. The van der Waals surface area contributed by atoms with E-state index in [1.807, 2.05) is 12.2 Å². The largest absolute Gasteiger partial charge is 0.496 e. The summed E-state index contributed by atoms with van der Waals surface area (Å²) in [6, 6.07) is 4.80. The third kappa shape index (κ3) is 5.39. The quantitative estimate of drug-likeness (QED) is 0.758. The molecular formula is C15H21F2NO. The maximum Gasteiger partial charge on any atom is 0.267 e. The Morgan fingerprint density at radius 1 is 1.32 bits per heavy atom. The minimum Gasteiger partial charge on any atom is -0.496 e. The highest BCUT2D eigenvalue weighted by molar-refractivity contribution is 5.53. The maximum absolute atomic E-state index is 12.8. The van der Waals surface area contributed by atoms with Crippen molar-refractivity contribution < 1.29 is 13.5 Å². The molecule has 0 amide bonds. The molecule has 0 saturated heterocycles. The Morgan fingerprint density at radius 3 is 2.63 bits per heavy atom. The predicted octanol–water partition coefficient (Wildman–Crippen LogP) is 3.89. The van der Waals surface area contributed by atoms with Crippen molar-refractivity contribution in [2.24, 2.45) is 5.92 Å². The van der Waals surface area contributed by atoms with Crippen LogP contribution in [0.3, 0.4) is 0 Å². The predicted molar refractivity (Wildman–Crippen MR) is 74.7 cm³/mol. The van der Waals surface area contributed by atoms with Crippen molar-refractivity contribution in [1.82, 2.24) is 5.32 Å². The van der Waals surface area contributed by atoms with Crippen molar-refractivity contribution in [1.29, 1.82) is 0 Å². The first-order valence-electron chi connectivity index (χ1n) is 6.38. The fourth-order valence-corrected chi connectivity index (χ4v) is 1.68. The molecule has 1 aromatic rings. The van der Waals surface area contributed by atoms with Crippen LogP contribution < -0.4 is 10.1 Å². The molecule has 0 radical (unpaired) electrons. The van der Waals surface area contributed by atoms with Crippen molar-refractivity contribution >= 4 is 6.08 Å². The van der Waals surface area contributed by atoms with E-state index >= 15 is 0 Å². The Kier molecular flexibility index (Phi) is 6.50. The van der Waals surface area contributed by atoms with Crippen molar-refractivity contribution in [3.63, 3.8) is 0 Å². The summed E-state index contributed by atoms with van der Waals surface area (Å²) < 4.78 is 30.5. The van der Waals surface area contributed by atoms with Crippen molar-refractivity contribution in [3.8, 4) is 5.75 Å². The second-order valence-electron chi connectivity index (χ2n) is 4.76. The van der Waals surface area contributed by atoms with Gasteiger partial charge in [0.25, 0.3) is 6.43 Å². The first kappa shape index (κ1) is 15.6. The highest BCUT2D eigenvalue weighted by atomic mass is 19.3. The Labute approximate surface area is 113 Å². The first-order valence-corrected chi connectivity index (χ1v) is 6.38. The zero-order valence-corrected chi connectivity index (χ0v) is 11.6. The van der Waals surface area contributed by atoms with E-state index in [0.717, 1.165) is 18.7 Å². The van der Waals surface area contributed by atoms with Gasteiger partial charge in [0, 0.05) is 6.54 Å². The van der Waals surface area contributed by atoms with E-state index in [9.17, 15) is 8.78 Å². The molecule has 0 aliphatic heterocycles. The zero-order valence-electron chi connectivity index (χ0n) is 11.6. The summed E-state index contributed by atoms with van der Waals surface area (Å²) in [6.45, 7) is 5.94. The van der Waals surface area contributed by atoms with Gasteiger partial charge in [-0.25, -0.2) is 8.78 Å². The topological polar surface area (TPSA) is 21.3 Å². The lowest BCUT2D eigenvalue weighted by molar-refractivity contribution is 0.147. The van der Waals surface area contributed by atoms with Gasteiger partial charge in [0.2, 0.25) is 0 Å². The molecule has 0 atom stereocenters. The molecule has 106 valence electrons. The molecule has 0 aliphatic carbocycles. The maximum atomic E-state index is 12.8. The van der Waals surface area contributed by atoms with Crippen LogP contribution in [-0.2, 0) is 0 Å². The fraction of sp³-hybridized carbons (Fsp3) is 0.467. The van der Waals surface area contributed by atoms with E-state index in [1.54, 1.807) is 12.1 Å². The summed E-state index contributed by atoms with van der Waals surface area (Å²) >= 11 is 0. The van der Waals surface area contributed by atoms with E-state index in [0.29, 0.717) is 5.92 Å². The molecule has 2 nitrogen and oxygen atoms in total. The normalized spacial score (nSPS) is 11.7. The fourth-order valence-electron chi connectivity index (χ4n) is 1.68. The van der Waals surface area contributed by atoms with E-state index in [2.05, 4.69) is 19.2 Å². The van der Waals surface area contributed by atoms with Crippen LogP contribution in [0, 0.1) is 5.92 Å². The second kappa shape index (κ2) is 7.89. The lowest BCUT2D eigenvalue weighted by Crippen LogP contribution is -2.19. The third-order valence-corrected chi connectivity index (χ3v) is 2.61. The number of hydrogen-bond donors (Lipinski definition) is 1. The lowest BCUT2D eigenvalue weighted by atomic mass is 10.1. The number of halogens is 2. The van der Waals surface area contributed by atoms with Crippen LogP contribution >= 0.6 is 0 Å². The van der Waals surface area contributed by atoms with E-state index in [4.69, 9.17) is 4.74 Å². The summed E-state index contributed by atoms with van der Waals surface area (Å²) in [5.74, 6) is 0.824. The van der Waals surface area contributed by atoms with Gasteiger partial charge >= 0.3 is 0 Å².